The fourth-order valence-corrected chi connectivity index (χ4v) is 2.50. The minimum absolute atomic E-state index is 0.486. The molecule has 2 atom stereocenters. The normalized spacial score (nSPS) is 22.0. The Morgan fingerprint density at radius 1 is 1.50 bits per heavy atom. The number of hydrogen-bond donors (Lipinski definition) is 1. The van der Waals surface area contributed by atoms with Crippen LogP contribution in [0.5, 0.6) is 0 Å². The Bertz CT molecular complexity index is 336. The molecule has 1 heterocycles. The predicted octanol–water partition coefficient (Wildman–Crippen LogP) is 3.25. The molecular formula is C13H19NOS. The summed E-state index contributed by atoms with van der Waals surface area (Å²) >= 11 is 1.78. The Morgan fingerprint density at radius 3 is 3.06 bits per heavy atom. The zero-order valence-corrected chi connectivity index (χ0v) is 10.7. The number of ether oxygens (including phenoxy) is 1. The van der Waals surface area contributed by atoms with E-state index in [0.29, 0.717) is 12.0 Å². The molecule has 1 N–H and O–H groups in total. The van der Waals surface area contributed by atoms with Crippen LogP contribution in [0, 0.1) is 5.92 Å². The Morgan fingerprint density at radius 2 is 2.38 bits per heavy atom. The highest BCUT2D eigenvalue weighted by Gasteiger charge is 2.21. The van der Waals surface area contributed by atoms with Crippen molar-refractivity contribution in [3.63, 3.8) is 0 Å². The van der Waals surface area contributed by atoms with E-state index in [2.05, 4.69) is 42.8 Å². The molecule has 0 amide bonds. The summed E-state index contributed by atoms with van der Waals surface area (Å²) in [6.07, 6.45) is 3.28. The van der Waals surface area contributed by atoms with E-state index in [1.165, 1.54) is 17.0 Å². The molecule has 2 nitrogen and oxygen atoms in total. The van der Waals surface area contributed by atoms with Crippen molar-refractivity contribution in [3.8, 4) is 0 Å². The van der Waals surface area contributed by atoms with Gasteiger partial charge in [-0.2, -0.15) is 0 Å². The molecule has 0 spiro atoms. The molecule has 1 aliphatic heterocycles. The first-order chi connectivity index (χ1) is 7.79. The average Bonchev–Trinajstić information content (AvgIpc) is 2.83. The first-order valence-electron chi connectivity index (χ1n) is 5.78. The molecule has 0 bridgehead atoms. The van der Waals surface area contributed by atoms with Crippen LogP contribution in [0.3, 0.4) is 0 Å². The molecule has 16 heavy (non-hydrogen) atoms. The summed E-state index contributed by atoms with van der Waals surface area (Å²) in [6, 6.07) is 9.06. The number of anilines is 1. The van der Waals surface area contributed by atoms with E-state index in [1.807, 2.05) is 0 Å². The predicted molar refractivity (Wildman–Crippen MR) is 70.2 cm³/mol. The van der Waals surface area contributed by atoms with Gasteiger partial charge in [0.25, 0.3) is 0 Å². The second-order valence-electron chi connectivity index (χ2n) is 4.29. The summed E-state index contributed by atoms with van der Waals surface area (Å²) in [6.45, 7) is 4.06. The van der Waals surface area contributed by atoms with E-state index >= 15 is 0 Å². The molecule has 3 heteroatoms. The lowest BCUT2D eigenvalue weighted by molar-refractivity contribution is 0.183. The average molecular weight is 237 g/mol. The molecule has 1 aliphatic rings. The lowest BCUT2D eigenvalue weighted by Gasteiger charge is -2.20. The van der Waals surface area contributed by atoms with Gasteiger partial charge in [0.1, 0.15) is 0 Å². The van der Waals surface area contributed by atoms with Crippen LogP contribution in [0.25, 0.3) is 0 Å². The summed E-state index contributed by atoms with van der Waals surface area (Å²) in [5, 5.41) is 3.57. The molecular weight excluding hydrogens is 218 g/mol. The number of hydrogen-bond acceptors (Lipinski definition) is 3. The maximum atomic E-state index is 5.42. The third-order valence-corrected chi connectivity index (χ3v) is 3.86. The molecule has 0 saturated carbocycles. The van der Waals surface area contributed by atoms with Crippen molar-refractivity contribution in [2.45, 2.75) is 24.3 Å². The SMILES string of the molecule is CSc1cccc(NC(C)C2CCOC2)c1. The van der Waals surface area contributed by atoms with Gasteiger partial charge in [0.15, 0.2) is 0 Å². The van der Waals surface area contributed by atoms with Crippen molar-refractivity contribution in [3.05, 3.63) is 24.3 Å². The number of nitrogens with one attached hydrogen (secondary N) is 1. The van der Waals surface area contributed by atoms with Gasteiger partial charge >= 0.3 is 0 Å². The molecule has 2 rings (SSSR count). The van der Waals surface area contributed by atoms with Crippen LogP contribution in [0.1, 0.15) is 13.3 Å². The minimum Gasteiger partial charge on any atom is -0.382 e. The molecule has 0 aliphatic carbocycles. The largest absolute Gasteiger partial charge is 0.382 e. The highest BCUT2D eigenvalue weighted by Crippen LogP contribution is 2.23. The highest BCUT2D eigenvalue weighted by molar-refractivity contribution is 7.98. The van der Waals surface area contributed by atoms with Crippen molar-refractivity contribution in [2.75, 3.05) is 24.8 Å². The molecule has 1 aromatic rings. The lowest BCUT2D eigenvalue weighted by atomic mass is 10.0. The van der Waals surface area contributed by atoms with E-state index < -0.39 is 0 Å². The zero-order chi connectivity index (χ0) is 11.4. The summed E-state index contributed by atoms with van der Waals surface area (Å²) in [7, 11) is 0. The smallest absolute Gasteiger partial charge is 0.0514 e. The molecule has 0 radical (unpaired) electrons. The lowest BCUT2D eigenvalue weighted by Crippen LogP contribution is -2.26. The summed E-state index contributed by atoms with van der Waals surface area (Å²) < 4.78 is 5.42. The first-order valence-corrected chi connectivity index (χ1v) is 7.00. The molecule has 88 valence electrons. The maximum Gasteiger partial charge on any atom is 0.0514 e. The number of rotatable bonds is 4. The van der Waals surface area contributed by atoms with Gasteiger partial charge in [0.05, 0.1) is 6.61 Å². The standard InChI is InChI=1S/C13H19NOS/c1-10(11-6-7-15-9-11)14-12-4-3-5-13(8-12)16-2/h3-5,8,10-11,14H,6-7,9H2,1-2H3. The quantitative estimate of drug-likeness (QED) is 0.812. The van der Waals surface area contributed by atoms with Crippen molar-refractivity contribution in [2.24, 2.45) is 5.92 Å². The van der Waals surface area contributed by atoms with Crippen LogP contribution in [-0.4, -0.2) is 25.5 Å². The van der Waals surface area contributed by atoms with Crippen LogP contribution >= 0.6 is 11.8 Å². The fourth-order valence-electron chi connectivity index (χ4n) is 2.04. The van der Waals surface area contributed by atoms with Gasteiger partial charge < -0.3 is 10.1 Å². The number of benzene rings is 1. The highest BCUT2D eigenvalue weighted by atomic mass is 32.2. The fraction of sp³-hybridized carbons (Fsp3) is 0.538. The Balaban J connectivity index is 1.96. The minimum atomic E-state index is 0.486. The summed E-state index contributed by atoms with van der Waals surface area (Å²) in [4.78, 5) is 1.31. The Labute approximate surface area is 102 Å². The topological polar surface area (TPSA) is 21.3 Å². The monoisotopic (exact) mass is 237 g/mol. The third kappa shape index (κ3) is 2.92. The first kappa shape index (κ1) is 11.8. The van der Waals surface area contributed by atoms with E-state index in [4.69, 9.17) is 4.74 Å². The summed E-state index contributed by atoms with van der Waals surface area (Å²) in [5.41, 5.74) is 1.21. The van der Waals surface area contributed by atoms with Gasteiger partial charge in [-0.3, -0.25) is 0 Å². The van der Waals surface area contributed by atoms with Crippen LogP contribution in [0.2, 0.25) is 0 Å². The van der Waals surface area contributed by atoms with Gasteiger partial charge in [0, 0.05) is 29.1 Å². The van der Waals surface area contributed by atoms with Crippen molar-refractivity contribution in [1.82, 2.24) is 0 Å². The van der Waals surface area contributed by atoms with E-state index in [9.17, 15) is 0 Å². The molecule has 1 saturated heterocycles. The maximum absolute atomic E-state index is 5.42. The van der Waals surface area contributed by atoms with Crippen LogP contribution in [0.15, 0.2) is 29.2 Å². The van der Waals surface area contributed by atoms with Gasteiger partial charge in [-0.25, -0.2) is 0 Å². The van der Waals surface area contributed by atoms with Crippen LogP contribution in [-0.2, 0) is 4.74 Å². The van der Waals surface area contributed by atoms with E-state index in [0.717, 1.165) is 13.2 Å². The Hall–Kier alpha value is -0.670. The van der Waals surface area contributed by atoms with E-state index in [1.54, 1.807) is 11.8 Å². The van der Waals surface area contributed by atoms with E-state index in [-0.39, 0.29) is 0 Å². The van der Waals surface area contributed by atoms with Crippen molar-refractivity contribution < 1.29 is 4.74 Å². The van der Waals surface area contributed by atoms with Crippen molar-refractivity contribution in [1.29, 1.82) is 0 Å². The third-order valence-electron chi connectivity index (χ3n) is 3.14. The van der Waals surface area contributed by atoms with Gasteiger partial charge in [-0.05, 0) is 37.8 Å². The van der Waals surface area contributed by atoms with Gasteiger partial charge in [-0.1, -0.05) is 6.07 Å². The second kappa shape index (κ2) is 5.60. The van der Waals surface area contributed by atoms with Crippen LogP contribution in [0.4, 0.5) is 5.69 Å². The van der Waals surface area contributed by atoms with Crippen LogP contribution < -0.4 is 5.32 Å². The molecule has 1 fully saturated rings. The molecule has 1 aromatic carbocycles. The molecule has 0 aromatic heterocycles. The second-order valence-corrected chi connectivity index (χ2v) is 5.17. The zero-order valence-electron chi connectivity index (χ0n) is 9.90. The van der Waals surface area contributed by atoms with Gasteiger partial charge in [-0.15, -0.1) is 11.8 Å². The molecule has 2 unspecified atom stereocenters. The summed E-state index contributed by atoms with van der Waals surface area (Å²) in [5.74, 6) is 0.651. The Kier molecular flexibility index (Phi) is 4.13. The van der Waals surface area contributed by atoms with Crippen molar-refractivity contribution >= 4 is 17.4 Å². The van der Waals surface area contributed by atoms with Gasteiger partial charge in [0.2, 0.25) is 0 Å². The number of thioether (sulfide) groups is 1.